The Morgan fingerprint density at radius 2 is 1.59 bits per heavy atom. The van der Waals surface area contributed by atoms with Crippen molar-refractivity contribution in [1.29, 1.82) is 5.41 Å². The van der Waals surface area contributed by atoms with Crippen molar-refractivity contribution in [3.05, 3.63) is 64.7 Å². The Kier molecular flexibility index (Phi) is 7.34. The first-order valence-electron chi connectivity index (χ1n) is 8.38. The predicted molar refractivity (Wildman–Crippen MR) is 104 cm³/mol. The highest BCUT2D eigenvalue weighted by molar-refractivity contribution is 5.95. The summed E-state index contributed by atoms with van der Waals surface area (Å²) in [6.45, 7) is 0.845. The average Bonchev–Trinajstić information content (AvgIpc) is 2.66. The van der Waals surface area contributed by atoms with Gasteiger partial charge in [-0.15, -0.1) is 0 Å². The summed E-state index contributed by atoms with van der Waals surface area (Å²) in [5, 5.41) is 10.6. The quantitative estimate of drug-likeness (QED) is 0.355. The first kappa shape index (κ1) is 20.4. The number of methoxy groups -OCH3 is 3. The summed E-state index contributed by atoms with van der Waals surface area (Å²) in [4.78, 5) is 12.4. The van der Waals surface area contributed by atoms with Gasteiger partial charge in [0.25, 0.3) is 0 Å². The Hall–Kier alpha value is -2.90. The molecule has 0 bridgehead atoms. The number of hydrogen-bond donors (Lipinski definition) is 3. The third-order valence-electron chi connectivity index (χ3n) is 3.97. The minimum atomic E-state index is -0.703. The van der Waals surface area contributed by atoms with Crippen LogP contribution in [0.15, 0.2) is 42.5 Å². The molecule has 2 rings (SSSR count). The Morgan fingerprint density at radius 3 is 2.04 bits per heavy atom. The van der Waals surface area contributed by atoms with E-state index < -0.39 is 12.0 Å². The number of esters is 1. The standard InChI is InChI=1S/C20H25N3O4/c1-25-11-13-8-14(12-26-2)10-16(9-13)18(20(24)27-3)23-17-6-4-15(5-7-17)19(21)22/h4-10,18,23H,11-12H2,1-3H3,(H3,21,22). The van der Waals surface area contributed by atoms with Crippen LogP contribution in [-0.2, 0) is 32.2 Å². The van der Waals surface area contributed by atoms with E-state index in [0.717, 1.165) is 16.7 Å². The highest BCUT2D eigenvalue weighted by atomic mass is 16.5. The van der Waals surface area contributed by atoms with Crippen LogP contribution in [-0.4, -0.2) is 33.1 Å². The number of benzene rings is 2. The molecule has 0 fully saturated rings. The molecule has 144 valence electrons. The van der Waals surface area contributed by atoms with E-state index in [0.29, 0.717) is 24.5 Å². The fourth-order valence-corrected chi connectivity index (χ4v) is 2.77. The van der Waals surface area contributed by atoms with Crippen molar-refractivity contribution in [1.82, 2.24) is 0 Å². The molecular weight excluding hydrogens is 346 g/mol. The highest BCUT2D eigenvalue weighted by Crippen LogP contribution is 2.24. The SMILES string of the molecule is COCc1cc(COC)cc(C(Nc2ccc(C(=N)N)cc2)C(=O)OC)c1. The lowest BCUT2D eigenvalue weighted by molar-refractivity contribution is -0.141. The maximum absolute atomic E-state index is 12.4. The van der Waals surface area contributed by atoms with Gasteiger partial charge in [-0.25, -0.2) is 4.79 Å². The molecule has 1 unspecified atom stereocenters. The normalized spacial score (nSPS) is 11.7. The lowest BCUT2D eigenvalue weighted by Gasteiger charge is -2.20. The molecule has 0 heterocycles. The number of carbonyl (C=O) groups is 1. The number of amidine groups is 1. The van der Waals surface area contributed by atoms with E-state index >= 15 is 0 Å². The Balaban J connectivity index is 2.37. The lowest BCUT2D eigenvalue weighted by Crippen LogP contribution is -2.23. The average molecular weight is 371 g/mol. The van der Waals surface area contributed by atoms with Gasteiger partial charge < -0.3 is 25.3 Å². The zero-order valence-electron chi connectivity index (χ0n) is 15.7. The molecule has 0 amide bonds. The van der Waals surface area contributed by atoms with E-state index in [4.69, 9.17) is 25.4 Å². The van der Waals surface area contributed by atoms with E-state index in [1.165, 1.54) is 7.11 Å². The van der Waals surface area contributed by atoms with Gasteiger partial charge >= 0.3 is 5.97 Å². The summed E-state index contributed by atoms with van der Waals surface area (Å²) < 4.78 is 15.4. The molecule has 27 heavy (non-hydrogen) atoms. The summed E-state index contributed by atoms with van der Waals surface area (Å²) in [5.41, 5.74) is 9.42. The van der Waals surface area contributed by atoms with Crippen molar-refractivity contribution in [3.8, 4) is 0 Å². The first-order chi connectivity index (χ1) is 13.0. The second kappa shape index (κ2) is 9.70. The number of nitrogens with two attached hydrogens (primary N) is 1. The maximum Gasteiger partial charge on any atom is 0.332 e. The Morgan fingerprint density at radius 1 is 1.04 bits per heavy atom. The van der Waals surface area contributed by atoms with Gasteiger partial charge in [0.15, 0.2) is 6.04 Å². The van der Waals surface area contributed by atoms with E-state index in [1.54, 1.807) is 38.5 Å². The third-order valence-corrected chi connectivity index (χ3v) is 3.97. The molecule has 0 radical (unpaired) electrons. The van der Waals surface area contributed by atoms with Gasteiger partial charge in [-0.2, -0.15) is 0 Å². The molecule has 0 spiro atoms. The number of carbonyl (C=O) groups excluding carboxylic acids is 1. The zero-order valence-corrected chi connectivity index (χ0v) is 15.7. The molecule has 0 saturated carbocycles. The Bertz CT molecular complexity index is 766. The zero-order chi connectivity index (χ0) is 19.8. The molecule has 2 aromatic carbocycles. The number of rotatable bonds is 9. The van der Waals surface area contributed by atoms with Gasteiger partial charge in [0.1, 0.15) is 5.84 Å². The molecule has 7 nitrogen and oxygen atoms in total. The molecule has 4 N–H and O–H groups in total. The summed E-state index contributed by atoms with van der Waals surface area (Å²) >= 11 is 0. The van der Waals surface area contributed by atoms with E-state index in [9.17, 15) is 4.79 Å². The number of anilines is 1. The van der Waals surface area contributed by atoms with Crippen molar-refractivity contribution in [2.45, 2.75) is 19.3 Å². The van der Waals surface area contributed by atoms with Crippen molar-refractivity contribution < 1.29 is 19.0 Å². The van der Waals surface area contributed by atoms with Crippen LogP contribution >= 0.6 is 0 Å². The highest BCUT2D eigenvalue weighted by Gasteiger charge is 2.22. The van der Waals surface area contributed by atoms with Crippen LogP contribution in [0.5, 0.6) is 0 Å². The van der Waals surface area contributed by atoms with Gasteiger partial charge in [0.05, 0.1) is 20.3 Å². The van der Waals surface area contributed by atoms with Crippen molar-refractivity contribution in [2.75, 3.05) is 26.6 Å². The minimum absolute atomic E-state index is 0.0115. The fourth-order valence-electron chi connectivity index (χ4n) is 2.77. The Labute approximate surface area is 158 Å². The summed E-state index contributed by atoms with van der Waals surface area (Å²) in [6, 6.07) is 12.1. The molecule has 0 aliphatic heterocycles. The van der Waals surface area contributed by atoms with Crippen molar-refractivity contribution in [3.63, 3.8) is 0 Å². The number of hydrogen-bond acceptors (Lipinski definition) is 6. The van der Waals surface area contributed by atoms with E-state index in [-0.39, 0.29) is 5.84 Å². The van der Waals surface area contributed by atoms with Crippen LogP contribution in [0.25, 0.3) is 0 Å². The monoisotopic (exact) mass is 371 g/mol. The lowest BCUT2D eigenvalue weighted by atomic mass is 10.00. The topological polar surface area (TPSA) is 107 Å². The van der Waals surface area contributed by atoms with E-state index in [1.807, 2.05) is 18.2 Å². The van der Waals surface area contributed by atoms with Crippen LogP contribution in [0, 0.1) is 5.41 Å². The van der Waals surface area contributed by atoms with Gasteiger partial charge in [-0.05, 0) is 41.0 Å². The minimum Gasteiger partial charge on any atom is -0.467 e. The van der Waals surface area contributed by atoms with Crippen LogP contribution in [0.3, 0.4) is 0 Å². The molecule has 7 heteroatoms. The molecule has 1 atom stereocenters. The van der Waals surface area contributed by atoms with E-state index in [2.05, 4.69) is 5.32 Å². The first-order valence-corrected chi connectivity index (χ1v) is 8.38. The van der Waals surface area contributed by atoms with Crippen molar-refractivity contribution >= 4 is 17.5 Å². The van der Waals surface area contributed by atoms with Crippen LogP contribution in [0.4, 0.5) is 5.69 Å². The second-order valence-electron chi connectivity index (χ2n) is 6.04. The fraction of sp³-hybridized carbons (Fsp3) is 0.300. The molecule has 0 aliphatic rings. The predicted octanol–water partition coefficient (Wildman–Crippen LogP) is 2.59. The third kappa shape index (κ3) is 5.54. The molecule has 0 saturated heterocycles. The maximum atomic E-state index is 12.4. The van der Waals surface area contributed by atoms with Gasteiger partial charge in [0, 0.05) is 25.5 Å². The van der Waals surface area contributed by atoms with Crippen molar-refractivity contribution in [2.24, 2.45) is 5.73 Å². The van der Waals surface area contributed by atoms with Crippen LogP contribution in [0.2, 0.25) is 0 Å². The van der Waals surface area contributed by atoms with Gasteiger partial charge in [-0.3, -0.25) is 5.41 Å². The van der Waals surface area contributed by atoms with Crippen LogP contribution in [0.1, 0.15) is 28.3 Å². The summed E-state index contributed by atoms with van der Waals surface area (Å²) in [5.74, 6) is -0.425. The summed E-state index contributed by atoms with van der Waals surface area (Å²) in [6.07, 6.45) is 0. The van der Waals surface area contributed by atoms with Gasteiger partial charge in [0.2, 0.25) is 0 Å². The smallest absolute Gasteiger partial charge is 0.332 e. The molecular formula is C20H25N3O4. The number of nitrogens with one attached hydrogen (secondary N) is 2. The summed E-state index contributed by atoms with van der Waals surface area (Å²) in [7, 11) is 4.59. The molecule has 0 aliphatic carbocycles. The molecule has 2 aromatic rings. The largest absolute Gasteiger partial charge is 0.467 e. The van der Waals surface area contributed by atoms with Gasteiger partial charge in [-0.1, -0.05) is 18.2 Å². The number of nitrogen functional groups attached to an aromatic ring is 1. The second-order valence-corrected chi connectivity index (χ2v) is 6.04. The number of ether oxygens (including phenoxy) is 3. The molecule has 0 aromatic heterocycles. The van der Waals surface area contributed by atoms with Crippen LogP contribution < -0.4 is 11.1 Å².